The number of nitrogens with one attached hydrogen (secondary N) is 1. The minimum atomic E-state index is -0.566. The molecule has 1 fully saturated rings. The molecule has 2 aromatic rings. The van der Waals surface area contributed by atoms with E-state index < -0.39 is 6.04 Å². The van der Waals surface area contributed by atoms with E-state index in [-0.39, 0.29) is 24.5 Å². The van der Waals surface area contributed by atoms with Crippen molar-refractivity contribution in [2.75, 3.05) is 13.7 Å². The largest absolute Gasteiger partial charge is 0.497 e. The van der Waals surface area contributed by atoms with Gasteiger partial charge in [0.15, 0.2) is 6.61 Å². The molecule has 0 unspecified atom stereocenters. The zero-order valence-electron chi connectivity index (χ0n) is 20.9. The average molecular weight is 467 g/mol. The molecule has 0 heterocycles. The molecule has 184 valence electrons. The lowest BCUT2D eigenvalue weighted by atomic mass is 9.95. The molecule has 0 spiro atoms. The first-order valence-corrected chi connectivity index (χ1v) is 12.3. The number of hydrogen-bond donors (Lipinski definition) is 1. The molecule has 34 heavy (non-hydrogen) atoms. The van der Waals surface area contributed by atoms with Gasteiger partial charge in [-0.15, -0.1) is 0 Å². The van der Waals surface area contributed by atoms with Gasteiger partial charge in [-0.05, 0) is 74.1 Å². The Hall–Kier alpha value is -3.02. The summed E-state index contributed by atoms with van der Waals surface area (Å²) in [4.78, 5) is 28.4. The Morgan fingerprint density at radius 3 is 2.38 bits per heavy atom. The molecule has 6 heteroatoms. The van der Waals surface area contributed by atoms with Crippen molar-refractivity contribution in [1.29, 1.82) is 0 Å². The number of rotatable bonds is 10. The van der Waals surface area contributed by atoms with Crippen LogP contribution in [0.15, 0.2) is 42.5 Å². The molecule has 0 bridgehead atoms. The van der Waals surface area contributed by atoms with E-state index in [9.17, 15) is 9.59 Å². The first-order chi connectivity index (χ1) is 16.4. The summed E-state index contributed by atoms with van der Waals surface area (Å²) < 4.78 is 11.2. The van der Waals surface area contributed by atoms with E-state index in [2.05, 4.69) is 11.4 Å². The van der Waals surface area contributed by atoms with Crippen LogP contribution in [0.5, 0.6) is 11.5 Å². The van der Waals surface area contributed by atoms with Crippen molar-refractivity contribution in [3.63, 3.8) is 0 Å². The summed E-state index contributed by atoms with van der Waals surface area (Å²) in [5.74, 6) is 1.08. The maximum absolute atomic E-state index is 13.4. The predicted octanol–water partition coefficient (Wildman–Crippen LogP) is 4.95. The third-order valence-electron chi connectivity index (χ3n) is 6.38. The first-order valence-electron chi connectivity index (χ1n) is 12.3. The molecule has 0 aliphatic heterocycles. The molecule has 6 nitrogen and oxygen atoms in total. The summed E-state index contributed by atoms with van der Waals surface area (Å²) in [5.41, 5.74) is 3.06. The Morgan fingerprint density at radius 2 is 1.74 bits per heavy atom. The van der Waals surface area contributed by atoms with Crippen molar-refractivity contribution in [3.8, 4) is 11.5 Å². The molecule has 0 radical (unpaired) electrons. The van der Waals surface area contributed by atoms with Crippen LogP contribution in [-0.2, 0) is 16.1 Å². The predicted molar refractivity (Wildman–Crippen MR) is 134 cm³/mol. The third-order valence-corrected chi connectivity index (χ3v) is 6.38. The average Bonchev–Trinajstić information content (AvgIpc) is 2.82. The van der Waals surface area contributed by atoms with Crippen LogP contribution < -0.4 is 14.8 Å². The number of amides is 2. The lowest BCUT2D eigenvalue weighted by Gasteiger charge is -2.32. The highest BCUT2D eigenvalue weighted by molar-refractivity contribution is 5.88. The topological polar surface area (TPSA) is 67.9 Å². The smallest absolute Gasteiger partial charge is 0.261 e. The second-order valence-electron chi connectivity index (χ2n) is 9.25. The molecular formula is C28H38N2O4. The fourth-order valence-electron chi connectivity index (χ4n) is 4.68. The molecule has 2 aromatic carbocycles. The quantitative estimate of drug-likeness (QED) is 0.538. The van der Waals surface area contributed by atoms with Crippen LogP contribution in [-0.4, -0.2) is 42.5 Å². The Morgan fingerprint density at radius 1 is 1.03 bits per heavy atom. The second-order valence-corrected chi connectivity index (χ2v) is 9.25. The Kier molecular flexibility index (Phi) is 9.37. The van der Waals surface area contributed by atoms with Gasteiger partial charge in [0, 0.05) is 12.6 Å². The molecule has 1 N–H and O–H groups in total. The number of carbonyl (C=O) groups excluding carboxylic acids is 2. The first kappa shape index (κ1) is 25.6. The molecule has 1 saturated carbocycles. The Bertz CT molecular complexity index is 948. The maximum atomic E-state index is 13.4. The van der Waals surface area contributed by atoms with E-state index in [1.54, 1.807) is 12.0 Å². The molecular weight excluding hydrogens is 428 g/mol. The monoisotopic (exact) mass is 466 g/mol. The van der Waals surface area contributed by atoms with Crippen LogP contribution in [0, 0.1) is 13.8 Å². The molecule has 3 rings (SSSR count). The van der Waals surface area contributed by atoms with Crippen molar-refractivity contribution in [2.24, 2.45) is 0 Å². The molecule has 1 aliphatic rings. The minimum Gasteiger partial charge on any atom is -0.497 e. The van der Waals surface area contributed by atoms with Gasteiger partial charge in [-0.25, -0.2) is 0 Å². The number of carbonyl (C=O) groups is 2. The zero-order chi connectivity index (χ0) is 24.5. The third kappa shape index (κ3) is 7.24. The summed E-state index contributed by atoms with van der Waals surface area (Å²) in [6.07, 6.45) is 6.02. The van der Waals surface area contributed by atoms with Gasteiger partial charge in [0.2, 0.25) is 5.91 Å². The van der Waals surface area contributed by atoms with Gasteiger partial charge in [0.25, 0.3) is 5.91 Å². The van der Waals surface area contributed by atoms with Gasteiger partial charge in [-0.3, -0.25) is 9.59 Å². The lowest BCUT2D eigenvalue weighted by Crippen LogP contribution is -2.52. The van der Waals surface area contributed by atoms with E-state index in [0.717, 1.165) is 48.1 Å². The Labute approximate surface area is 203 Å². The zero-order valence-corrected chi connectivity index (χ0v) is 20.9. The maximum Gasteiger partial charge on any atom is 0.261 e. The molecule has 0 saturated heterocycles. The van der Waals surface area contributed by atoms with Crippen molar-refractivity contribution >= 4 is 11.8 Å². The van der Waals surface area contributed by atoms with Gasteiger partial charge in [0.1, 0.15) is 17.5 Å². The van der Waals surface area contributed by atoms with Gasteiger partial charge < -0.3 is 19.7 Å². The Balaban J connectivity index is 1.78. The van der Waals surface area contributed by atoms with Crippen LogP contribution in [0.3, 0.4) is 0 Å². The van der Waals surface area contributed by atoms with Crippen LogP contribution in [0.2, 0.25) is 0 Å². The highest BCUT2D eigenvalue weighted by atomic mass is 16.5. The van der Waals surface area contributed by atoms with E-state index >= 15 is 0 Å². The van der Waals surface area contributed by atoms with E-state index in [4.69, 9.17) is 9.47 Å². The second kappa shape index (κ2) is 12.4. The van der Waals surface area contributed by atoms with E-state index in [1.807, 2.05) is 57.2 Å². The number of benzene rings is 2. The van der Waals surface area contributed by atoms with Crippen LogP contribution in [0.4, 0.5) is 0 Å². The van der Waals surface area contributed by atoms with Gasteiger partial charge >= 0.3 is 0 Å². The van der Waals surface area contributed by atoms with E-state index in [0.29, 0.717) is 18.7 Å². The summed E-state index contributed by atoms with van der Waals surface area (Å²) in [6.45, 7) is 6.13. The van der Waals surface area contributed by atoms with Crippen LogP contribution >= 0.6 is 0 Å². The van der Waals surface area contributed by atoms with Crippen molar-refractivity contribution in [1.82, 2.24) is 10.2 Å². The number of ether oxygens (including phenoxy) is 2. The molecule has 1 atom stereocenters. The van der Waals surface area contributed by atoms with Crippen molar-refractivity contribution < 1.29 is 19.1 Å². The summed E-state index contributed by atoms with van der Waals surface area (Å²) in [6, 6.07) is 13.1. The van der Waals surface area contributed by atoms with Gasteiger partial charge in [0.05, 0.1) is 7.11 Å². The molecule has 2 amide bonds. The number of nitrogens with zero attached hydrogens (tertiary/aromatic N) is 1. The van der Waals surface area contributed by atoms with Gasteiger partial charge in [-0.1, -0.05) is 44.4 Å². The molecule has 1 aliphatic carbocycles. The fourth-order valence-corrected chi connectivity index (χ4v) is 4.68. The highest BCUT2D eigenvalue weighted by Gasteiger charge is 2.30. The number of aryl methyl sites for hydroxylation is 2. The summed E-state index contributed by atoms with van der Waals surface area (Å²) in [7, 11) is 1.62. The van der Waals surface area contributed by atoms with Gasteiger partial charge in [-0.2, -0.15) is 0 Å². The number of hydrogen-bond acceptors (Lipinski definition) is 4. The minimum absolute atomic E-state index is 0.0861. The SMILES string of the molecule is CC[C@@H](C(=O)NC1CCCCC1)N(Cc1cccc(OC)c1)C(=O)COc1cc(C)cc(C)c1. The summed E-state index contributed by atoms with van der Waals surface area (Å²) in [5, 5.41) is 3.20. The fraction of sp³-hybridized carbons (Fsp3) is 0.500. The lowest BCUT2D eigenvalue weighted by molar-refractivity contribution is -0.143. The molecule has 0 aromatic heterocycles. The van der Waals surface area contributed by atoms with Crippen LogP contribution in [0.1, 0.15) is 62.1 Å². The van der Waals surface area contributed by atoms with Crippen molar-refractivity contribution in [3.05, 3.63) is 59.2 Å². The number of methoxy groups -OCH3 is 1. The van der Waals surface area contributed by atoms with Crippen molar-refractivity contribution in [2.45, 2.75) is 77.9 Å². The van der Waals surface area contributed by atoms with Crippen LogP contribution in [0.25, 0.3) is 0 Å². The normalized spacial score (nSPS) is 14.8. The highest BCUT2D eigenvalue weighted by Crippen LogP contribution is 2.21. The standard InChI is InChI=1S/C28H38N2O4/c1-5-26(28(32)29-23-11-7-6-8-12-23)30(18-22-10-9-13-24(17-22)33-4)27(31)19-34-25-15-20(2)14-21(3)16-25/h9-10,13-17,23,26H,5-8,11-12,18-19H2,1-4H3,(H,29,32)/t26-/m0/s1. The summed E-state index contributed by atoms with van der Waals surface area (Å²) >= 11 is 0. The van der Waals surface area contributed by atoms with E-state index in [1.165, 1.54) is 6.42 Å².